The van der Waals surface area contributed by atoms with Gasteiger partial charge < -0.3 is 9.47 Å². The van der Waals surface area contributed by atoms with Gasteiger partial charge in [0.2, 0.25) is 0 Å². The van der Waals surface area contributed by atoms with Crippen LogP contribution in [0.1, 0.15) is 53.4 Å². The molecule has 0 N–H and O–H groups in total. The van der Waals surface area contributed by atoms with Crippen molar-refractivity contribution in [1.29, 1.82) is 0 Å². The highest BCUT2D eigenvalue weighted by molar-refractivity contribution is 5.60. The lowest BCUT2D eigenvalue weighted by molar-refractivity contribution is -0.0252. The van der Waals surface area contributed by atoms with Crippen LogP contribution in [0.4, 0.5) is 4.79 Å². The molecule has 0 aromatic carbocycles. The molecule has 3 nitrogen and oxygen atoms in total. The third-order valence-corrected chi connectivity index (χ3v) is 3.06. The van der Waals surface area contributed by atoms with Gasteiger partial charge in [0.1, 0.15) is 12.2 Å². The maximum atomic E-state index is 11.4. The molecule has 1 aliphatic rings. The van der Waals surface area contributed by atoms with Crippen molar-refractivity contribution in [3.63, 3.8) is 0 Å². The molecule has 1 aliphatic carbocycles. The van der Waals surface area contributed by atoms with E-state index in [4.69, 9.17) is 9.47 Å². The summed E-state index contributed by atoms with van der Waals surface area (Å²) >= 11 is 0. The molecule has 0 heterocycles. The van der Waals surface area contributed by atoms with E-state index in [2.05, 4.69) is 0 Å². The van der Waals surface area contributed by atoms with Gasteiger partial charge in [0.15, 0.2) is 0 Å². The predicted molar refractivity (Wildman–Crippen MR) is 58.7 cm³/mol. The summed E-state index contributed by atoms with van der Waals surface area (Å²) in [4.78, 5) is 11.4. The molecule has 1 fully saturated rings. The topological polar surface area (TPSA) is 35.5 Å². The Morgan fingerprint density at radius 2 is 1.80 bits per heavy atom. The molecule has 15 heavy (non-hydrogen) atoms. The number of rotatable bonds is 2. The first-order valence-corrected chi connectivity index (χ1v) is 5.77. The van der Waals surface area contributed by atoms with E-state index in [0.29, 0.717) is 0 Å². The van der Waals surface area contributed by atoms with Crippen molar-refractivity contribution < 1.29 is 14.3 Å². The number of hydrogen-bond donors (Lipinski definition) is 0. The van der Waals surface area contributed by atoms with Crippen LogP contribution in [0, 0.1) is 5.41 Å². The Morgan fingerprint density at radius 1 is 1.27 bits per heavy atom. The van der Waals surface area contributed by atoms with Gasteiger partial charge in [0.05, 0.1) is 0 Å². The molecular weight excluding hydrogens is 192 g/mol. The molecule has 0 amide bonds. The fourth-order valence-corrected chi connectivity index (χ4v) is 1.49. The summed E-state index contributed by atoms with van der Waals surface area (Å²) in [5.41, 5.74) is -0.0330. The molecule has 0 aromatic rings. The maximum Gasteiger partial charge on any atom is 0.508 e. The number of carbonyl (C=O) groups excluding carboxylic acids is 1. The van der Waals surface area contributed by atoms with Gasteiger partial charge in [-0.25, -0.2) is 4.79 Å². The minimum Gasteiger partial charge on any atom is -0.431 e. The highest BCUT2D eigenvalue weighted by Gasteiger charge is 2.26. The first-order chi connectivity index (χ1) is 6.89. The zero-order chi connectivity index (χ0) is 11.5. The molecule has 0 bridgehead atoms. The summed E-state index contributed by atoms with van der Waals surface area (Å²) in [5.74, 6) is 0. The molecule has 1 saturated carbocycles. The van der Waals surface area contributed by atoms with Crippen LogP contribution in [0.15, 0.2) is 0 Å². The van der Waals surface area contributed by atoms with Gasteiger partial charge >= 0.3 is 6.16 Å². The third kappa shape index (κ3) is 4.10. The smallest absolute Gasteiger partial charge is 0.431 e. The Kier molecular flexibility index (Phi) is 4.00. The first-order valence-electron chi connectivity index (χ1n) is 5.77. The molecule has 3 heteroatoms. The number of ether oxygens (including phenoxy) is 2. The molecular formula is C12H22O3. The standard InChI is InChI=1S/C12H22O3/c1-9(12(2,3)4)14-11(13)15-10-7-5-6-8-10/h9-10H,5-8H2,1-4H3. The third-order valence-electron chi connectivity index (χ3n) is 3.06. The molecule has 88 valence electrons. The van der Waals surface area contributed by atoms with Crippen LogP contribution < -0.4 is 0 Å². The Labute approximate surface area is 92.1 Å². The molecule has 0 saturated heterocycles. The van der Waals surface area contributed by atoms with Crippen LogP contribution in [0.2, 0.25) is 0 Å². The van der Waals surface area contributed by atoms with Crippen LogP contribution in [-0.2, 0) is 9.47 Å². The summed E-state index contributed by atoms with van der Waals surface area (Å²) in [7, 11) is 0. The fourth-order valence-electron chi connectivity index (χ4n) is 1.49. The molecule has 0 aliphatic heterocycles. The predicted octanol–water partition coefficient (Wildman–Crippen LogP) is 3.52. The van der Waals surface area contributed by atoms with Crippen molar-refractivity contribution in [3.05, 3.63) is 0 Å². The van der Waals surface area contributed by atoms with E-state index in [9.17, 15) is 4.79 Å². The lowest BCUT2D eigenvalue weighted by Gasteiger charge is -2.26. The van der Waals surface area contributed by atoms with E-state index >= 15 is 0 Å². The lowest BCUT2D eigenvalue weighted by Crippen LogP contribution is -2.30. The second-order valence-corrected chi connectivity index (χ2v) is 5.40. The Bertz CT molecular complexity index is 211. The second kappa shape index (κ2) is 4.86. The Morgan fingerprint density at radius 3 is 2.27 bits per heavy atom. The van der Waals surface area contributed by atoms with E-state index in [1.54, 1.807) is 0 Å². The van der Waals surface area contributed by atoms with Crippen LogP contribution in [0.25, 0.3) is 0 Å². The second-order valence-electron chi connectivity index (χ2n) is 5.40. The summed E-state index contributed by atoms with van der Waals surface area (Å²) in [6, 6.07) is 0. The molecule has 0 radical (unpaired) electrons. The minimum atomic E-state index is -0.510. The summed E-state index contributed by atoms with van der Waals surface area (Å²) in [6.45, 7) is 8.03. The molecule has 1 rings (SSSR count). The molecule has 0 spiro atoms. The highest BCUT2D eigenvalue weighted by atomic mass is 16.7. The van der Waals surface area contributed by atoms with Crippen LogP contribution in [-0.4, -0.2) is 18.4 Å². The molecule has 1 unspecified atom stereocenters. The van der Waals surface area contributed by atoms with Gasteiger partial charge in [-0.2, -0.15) is 0 Å². The SMILES string of the molecule is CC(OC(=O)OC1CCCC1)C(C)(C)C. The average molecular weight is 214 g/mol. The van der Waals surface area contributed by atoms with E-state index in [1.165, 1.54) is 0 Å². The van der Waals surface area contributed by atoms with Gasteiger partial charge in [-0.3, -0.25) is 0 Å². The maximum absolute atomic E-state index is 11.4. The van der Waals surface area contributed by atoms with Gasteiger partial charge in [-0.15, -0.1) is 0 Å². The molecule has 0 aromatic heterocycles. The summed E-state index contributed by atoms with van der Waals surface area (Å²) in [6.07, 6.45) is 3.75. The van der Waals surface area contributed by atoms with E-state index in [0.717, 1.165) is 25.7 Å². The van der Waals surface area contributed by atoms with E-state index < -0.39 is 6.16 Å². The average Bonchev–Trinajstić information content (AvgIpc) is 2.54. The molecule has 1 atom stereocenters. The number of hydrogen-bond acceptors (Lipinski definition) is 3. The van der Waals surface area contributed by atoms with Crippen LogP contribution >= 0.6 is 0 Å². The van der Waals surface area contributed by atoms with Crippen LogP contribution in [0.5, 0.6) is 0 Å². The highest BCUT2D eigenvalue weighted by Crippen LogP contribution is 2.24. The lowest BCUT2D eigenvalue weighted by atomic mass is 9.90. The van der Waals surface area contributed by atoms with Crippen molar-refractivity contribution in [3.8, 4) is 0 Å². The first kappa shape index (κ1) is 12.3. The quantitative estimate of drug-likeness (QED) is 0.660. The largest absolute Gasteiger partial charge is 0.508 e. The van der Waals surface area contributed by atoms with Crippen molar-refractivity contribution in [1.82, 2.24) is 0 Å². The van der Waals surface area contributed by atoms with E-state index in [1.807, 2.05) is 27.7 Å². The Hall–Kier alpha value is -0.730. The Balaban J connectivity index is 2.29. The zero-order valence-electron chi connectivity index (χ0n) is 10.2. The zero-order valence-corrected chi connectivity index (χ0v) is 10.2. The van der Waals surface area contributed by atoms with Crippen molar-refractivity contribution in [2.24, 2.45) is 5.41 Å². The van der Waals surface area contributed by atoms with Gasteiger partial charge in [0, 0.05) is 0 Å². The van der Waals surface area contributed by atoms with Crippen molar-refractivity contribution in [2.75, 3.05) is 0 Å². The van der Waals surface area contributed by atoms with Crippen molar-refractivity contribution >= 4 is 6.16 Å². The monoisotopic (exact) mass is 214 g/mol. The normalized spacial score (nSPS) is 20.0. The van der Waals surface area contributed by atoms with Gasteiger partial charge in [0.25, 0.3) is 0 Å². The fraction of sp³-hybridized carbons (Fsp3) is 0.917. The van der Waals surface area contributed by atoms with Crippen molar-refractivity contribution in [2.45, 2.75) is 65.6 Å². The number of carbonyl (C=O) groups is 1. The van der Waals surface area contributed by atoms with Gasteiger partial charge in [-0.05, 0) is 38.0 Å². The summed E-state index contributed by atoms with van der Waals surface area (Å²) < 4.78 is 10.4. The minimum absolute atomic E-state index is 0.0330. The summed E-state index contributed by atoms with van der Waals surface area (Å²) in [5, 5.41) is 0. The van der Waals surface area contributed by atoms with Crippen LogP contribution in [0.3, 0.4) is 0 Å². The van der Waals surface area contributed by atoms with E-state index in [-0.39, 0.29) is 17.6 Å². The van der Waals surface area contributed by atoms with Gasteiger partial charge in [-0.1, -0.05) is 20.8 Å².